The maximum atomic E-state index is 6.17. The SMILES string of the molecule is C=CCCOc1ccc(CNCC(C)C)cc1Cl. The number of benzene rings is 1. The highest BCUT2D eigenvalue weighted by atomic mass is 35.5. The highest BCUT2D eigenvalue weighted by Crippen LogP contribution is 2.25. The molecule has 0 bridgehead atoms. The van der Waals surface area contributed by atoms with Crippen LogP contribution in [0.25, 0.3) is 0 Å². The van der Waals surface area contributed by atoms with Crippen molar-refractivity contribution in [3.8, 4) is 5.75 Å². The predicted molar refractivity (Wildman–Crippen MR) is 78.3 cm³/mol. The average Bonchev–Trinajstić information content (AvgIpc) is 2.31. The first-order valence-corrected chi connectivity index (χ1v) is 6.74. The molecule has 0 saturated carbocycles. The lowest BCUT2D eigenvalue weighted by Crippen LogP contribution is -2.18. The minimum atomic E-state index is 0.619. The second-order valence-corrected chi connectivity index (χ2v) is 5.12. The van der Waals surface area contributed by atoms with Crippen LogP contribution >= 0.6 is 11.6 Å². The van der Waals surface area contributed by atoms with Crippen LogP contribution in [-0.4, -0.2) is 13.2 Å². The van der Waals surface area contributed by atoms with Gasteiger partial charge in [-0.15, -0.1) is 6.58 Å². The van der Waals surface area contributed by atoms with E-state index in [0.717, 1.165) is 25.3 Å². The van der Waals surface area contributed by atoms with Gasteiger partial charge in [0.05, 0.1) is 11.6 Å². The van der Waals surface area contributed by atoms with Gasteiger partial charge in [0.1, 0.15) is 5.75 Å². The van der Waals surface area contributed by atoms with Crippen molar-refractivity contribution in [2.24, 2.45) is 5.92 Å². The first kappa shape index (κ1) is 15.1. The fourth-order valence-corrected chi connectivity index (χ4v) is 1.79. The van der Waals surface area contributed by atoms with Crippen LogP contribution in [0.3, 0.4) is 0 Å². The number of hydrogen-bond acceptors (Lipinski definition) is 2. The molecule has 0 saturated heterocycles. The van der Waals surface area contributed by atoms with Crippen molar-refractivity contribution in [2.45, 2.75) is 26.8 Å². The molecular formula is C15H22ClNO. The van der Waals surface area contributed by atoms with Gasteiger partial charge in [-0.05, 0) is 36.6 Å². The molecule has 0 aliphatic carbocycles. The second-order valence-electron chi connectivity index (χ2n) is 4.72. The van der Waals surface area contributed by atoms with E-state index in [1.807, 2.05) is 24.3 Å². The zero-order valence-electron chi connectivity index (χ0n) is 11.2. The Morgan fingerprint density at radius 1 is 1.44 bits per heavy atom. The Kier molecular flexibility index (Phi) is 6.84. The van der Waals surface area contributed by atoms with E-state index in [2.05, 4.69) is 25.7 Å². The lowest BCUT2D eigenvalue weighted by Gasteiger charge is -2.10. The van der Waals surface area contributed by atoms with Crippen molar-refractivity contribution < 1.29 is 4.74 Å². The van der Waals surface area contributed by atoms with Crippen LogP contribution in [-0.2, 0) is 6.54 Å². The molecule has 0 unspecified atom stereocenters. The third kappa shape index (κ3) is 5.56. The van der Waals surface area contributed by atoms with Crippen LogP contribution in [0.15, 0.2) is 30.9 Å². The van der Waals surface area contributed by atoms with Crippen molar-refractivity contribution in [2.75, 3.05) is 13.2 Å². The first-order valence-electron chi connectivity index (χ1n) is 6.36. The van der Waals surface area contributed by atoms with E-state index < -0.39 is 0 Å². The topological polar surface area (TPSA) is 21.3 Å². The van der Waals surface area contributed by atoms with Gasteiger partial charge in [-0.2, -0.15) is 0 Å². The summed E-state index contributed by atoms with van der Waals surface area (Å²) in [7, 11) is 0. The summed E-state index contributed by atoms with van der Waals surface area (Å²) in [6, 6.07) is 5.93. The first-order chi connectivity index (χ1) is 8.63. The van der Waals surface area contributed by atoms with Crippen molar-refractivity contribution in [3.63, 3.8) is 0 Å². The van der Waals surface area contributed by atoms with E-state index in [1.165, 1.54) is 5.56 Å². The summed E-state index contributed by atoms with van der Waals surface area (Å²) < 4.78 is 5.55. The molecule has 0 amide bonds. The van der Waals surface area contributed by atoms with Gasteiger partial charge in [-0.3, -0.25) is 0 Å². The minimum absolute atomic E-state index is 0.619. The maximum absolute atomic E-state index is 6.17. The molecule has 3 heteroatoms. The second kappa shape index (κ2) is 8.17. The standard InChI is InChI=1S/C15H22ClNO/c1-4-5-8-18-15-7-6-13(9-14(15)16)11-17-10-12(2)3/h4,6-7,9,12,17H,1,5,8,10-11H2,2-3H3. The Morgan fingerprint density at radius 3 is 2.83 bits per heavy atom. The molecule has 0 heterocycles. The smallest absolute Gasteiger partial charge is 0.137 e. The largest absolute Gasteiger partial charge is 0.492 e. The van der Waals surface area contributed by atoms with E-state index in [1.54, 1.807) is 0 Å². The molecule has 0 atom stereocenters. The third-order valence-electron chi connectivity index (χ3n) is 2.46. The van der Waals surface area contributed by atoms with Crippen LogP contribution in [0.1, 0.15) is 25.8 Å². The summed E-state index contributed by atoms with van der Waals surface area (Å²) in [4.78, 5) is 0. The molecule has 1 aromatic rings. The molecule has 1 N–H and O–H groups in total. The van der Waals surface area contributed by atoms with E-state index in [-0.39, 0.29) is 0 Å². The Hall–Kier alpha value is -0.990. The van der Waals surface area contributed by atoms with Gasteiger partial charge in [0.25, 0.3) is 0 Å². The van der Waals surface area contributed by atoms with Crippen LogP contribution in [0.5, 0.6) is 5.75 Å². The number of hydrogen-bond donors (Lipinski definition) is 1. The summed E-state index contributed by atoms with van der Waals surface area (Å²) in [5, 5.41) is 4.06. The van der Waals surface area contributed by atoms with Gasteiger partial charge in [0, 0.05) is 6.54 Å². The molecule has 0 aliphatic heterocycles. The summed E-state index contributed by atoms with van der Waals surface area (Å²) in [6.45, 7) is 10.5. The molecule has 1 rings (SSSR count). The lowest BCUT2D eigenvalue weighted by atomic mass is 10.2. The molecule has 0 aliphatic rings. The van der Waals surface area contributed by atoms with Crippen LogP contribution in [0.2, 0.25) is 5.02 Å². The average molecular weight is 268 g/mol. The Labute approximate surface area is 115 Å². The lowest BCUT2D eigenvalue weighted by molar-refractivity contribution is 0.325. The van der Waals surface area contributed by atoms with Gasteiger partial charge in [-0.1, -0.05) is 37.6 Å². The number of ether oxygens (including phenoxy) is 1. The molecule has 100 valence electrons. The molecule has 0 spiro atoms. The molecule has 0 aromatic heterocycles. The van der Waals surface area contributed by atoms with E-state index in [0.29, 0.717) is 17.5 Å². The van der Waals surface area contributed by atoms with E-state index in [4.69, 9.17) is 16.3 Å². The highest BCUT2D eigenvalue weighted by Gasteiger charge is 2.03. The third-order valence-corrected chi connectivity index (χ3v) is 2.75. The van der Waals surface area contributed by atoms with Gasteiger partial charge in [-0.25, -0.2) is 0 Å². The molecule has 2 nitrogen and oxygen atoms in total. The van der Waals surface area contributed by atoms with Gasteiger partial charge in [0.15, 0.2) is 0 Å². The zero-order valence-corrected chi connectivity index (χ0v) is 12.0. The van der Waals surface area contributed by atoms with Crippen LogP contribution in [0.4, 0.5) is 0 Å². The predicted octanol–water partition coefficient (Wildman–Crippen LogP) is 4.04. The number of halogens is 1. The Bertz CT molecular complexity index is 377. The highest BCUT2D eigenvalue weighted by molar-refractivity contribution is 6.32. The summed E-state index contributed by atoms with van der Waals surface area (Å²) in [5.41, 5.74) is 1.18. The molecule has 0 fully saturated rings. The van der Waals surface area contributed by atoms with Crippen molar-refractivity contribution in [3.05, 3.63) is 41.4 Å². The monoisotopic (exact) mass is 267 g/mol. The minimum Gasteiger partial charge on any atom is -0.492 e. The zero-order chi connectivity index (χ0) is 13.4. The van der Waals surface area contributed by atoms with Crippen LogP contribution < -0.4 is 10.1 Å². The fraction of sp³-hybridized carbons (Fsp3) is 0.467. The van der Waals surface area contributed by atoms with Gasteiger partial charge in [0.2, 0.25) is 0 Å². The Balaban J connectivity index is 2.48. The quantitative estimate of drug-likeness (QED) is 0.567. The maximum Gasteiger partial charge on any atom is 0.137 e. The summed E-state index contributed by atoms with van der Waals surface area (Å²) in [5.74, 6) is 1.40. The summed E-state index contributed by atoms with van der Waals surface area (Å²) >= 11 is 6.17. The number of rotatable bonds is 8. The Morgan fingerprint density at radius 2 is 2.22 bits per heavy atom. The van der Waals surface area contributed by atoms with Crippen LogP contribution in [0, 0.1) is 5.92 Å². The van der Waals surface area contributed by atoms with Gasteiger partial charge >= 0.3 is 0 Å². The molecule has 0 radical (unpaired) electrons. The van der Waals surface area contributed by atoms with Crippen molar-refractivity contribution in [1.82, 2.24) is 5.32 Å². The fourth-order valence-electron chi connectivity index (χ4n) is 1.53. The number of nitrogens with one attached hydrogen (secondary N) is 1. The molecule has 18 heavy (non-hydrogen) atoms. The molecule has 1 aromatic carbocycles. The van der Waals surface area contributed by atoms with Gasteiger partial charge < -0.3 is 10.1 Å². The van der Waals surface area contributed by atoms with E-state index >= 15 is 0 Å². The molecular weight excluding hydrogens is 246 g/mol. The summed E-state index contributed by atoms with van der Waals surface area (Å²) in [6.07, 6.45) is 2.66. The van der Waals surface area contributed by atoms with E-state index in [9.17, 15) is 0 Å². The normalized spacial score (nSPS) is 10.7. The van der Waals surface area contributed by atoms with Crippen molar-refractivity contribution in [1.29, 1.82) is 0 Å². The van der Waals surface area contributed by atoms with Crippen molar-refractivity contribution >= 4 is 11.6 Å².